The fraction of sp³-hybridized carbons (Fsp3) is 0.538. The number of carboxylic acids is 1. The molecule has 0 aliphatic heterocycles. The van der Waals surface area contributed by atoms with Gasteiger partial charge >= 0.3 is 5.97 Å². The largest absolute Gasteiger partial charge is 0.480 e. The first-order valence-electron chi connectivity index (χ1n) is 6.28. The number of rotatable bonds is 6. The predicted octanol–water partition coefficient (Wildman–Crippen LogP) is 0.182. The maximum atomic E-state index is 12.4. The number of carbonyl (C=O) groups excluding carboxylic acids is 1. The zero-order chi connectivity index (χ0) is 15.3. The van der Waals surface area contributed by atoms with Crippen LogP contribution in [0.4, 0.5) is 0 Å². The van der Waals surface area contributed by atoms with Crippen molar-refractivity contribution in [2.24, 2.45) is 0 Å². The molecule has 0 saturated heterocycles. The van der Waals surface area contributed by atoms with Crippen molar-refractivity contribution >= 4 is 11.9 Å². The molecule has 0 radical (unpaired) electrons. The number of carbonyl (C=O) groups is 2. The number of hydrogen-bond donors (Lipinski definition) is 1. The van der Waals surface area contributed by atoms with E-state index in [1.54, 1.807) is 19.9 Å². The molecule has 0 bridgehead atoms. The van der Waals surface area contributed by atoms with Crippen molar-refractivity contribution in [1.82, 2.24) is 20.0 Å². The Bertz CT molecular complexity index is 502. The van der Waals surface area contributed by atoms with Gasteiger partial charge in [0.25, 0.3) is 5.91 Å². The Morgan fingerprint density at radius 2 is 1.85 bits per heavy atom. The molecule has 0 unspecified atom stereocenters. The van der Waals surface area contributed by atoms with E-state index >= 15 is 0 Å². The second kappa shape index (κ2) is 6.95. The monoisotopic (exact) mass is 280 g/mol. The van der Waals surface area contributed by atoms with Crippen molar-refractivity contribution in [2.75, 3.05) is 33.7 Å². The van der Waals surface area contributed by atoms with Crippen molar-refractivity contribution in [1.29, 1.82) is 0 Å². The van der Waals surface area contributed by atoms with Crippen LogP contribution in [0.15, 0.2) is 6.07 Å². The molecule has 0 aliphatic carbocycles. The summed E-state index contributed by atoms with van der Waals surface area (Å²) in [5.74, 6) is -1.36. The summed E-state index contributed by atoms with van der Waals surface area (Å²) in [6, 6.07) is 1.63. The van der Waals surface area contributed by atoms with E-state index in [0.717, 1.165) is 0 Å². The second-order valence-corrected chi connectivity index (χ2v) is 4.91. The molecule has 1 rings (SSSR count). The minimum Gasteiger partial charge on any atom is -0.480 e. The summed E-state index contributed by atoms with van der Waals surface area (Å²) in [5.41, 5.74) is 1.53. The van der Waals surface area contributed by atoms with Gasteiger partial charge < -0.3 is 14.9 Å². The average molecular weight is 280 g/mol. The minimum absolute atomic E-state index is 0.326. The van der Waals surface area contributed by atoms with E-state index in [1.807, 2.05) is 19.0 Å². The SMILES string of the molecule is Cc1cc(C(=O)N(CCN(C)C)CC(=O)O)c(C)nn1. The van der Waals surface area contributed by atoms with Crippen molar-refractivity contribution in [2.45, 2.75) is 13.8 Å². The van der Waals surface area contributed by atoms with E-state index < -0.39 is 5.97 Å². The first kappa shape index (κ1) is 16.0. The Hall–Kier alpha value is -2.02. The van der Waals surface area contributed by atoms with E-state index in [-0.39, 0.29) is 12.5 Å². The van der Waals surface area contributed by atoms with Gasteiger partial charge in [-0.3, -0.25) is 9.59 Å². The van der Waals surface area contributed by atoms with Crippen molar-refractivity contribution in [3.05, 3.63) is 23.0 Å². The lowest BCUT2D eigenvalue weighted by Crippen LogP contribution is -2.40. The molecule has 0 aliphatic rings. The summed E-state index contributed by atoms with van der Waals surface area (Å²) >= 11 is 0. The van der Waals surface area contributed by atoms with Gasteiger partial charge in [-0.05, 0) is 34.0 Å². The van der Waals surface area contributed by atoms with Crippen molar-refractivity contribution < 1.29 is 14.7 Å². The molecule has 1 aromatic rings. The molecule has 1 heterocycles. The zero-order valence-electron chi connectivity index (χ0n) is 12.3. The van der Waals surface area contributed by atoms with E-state index in [9.17, 15) is 9.59 Å². The molecule has 7 heteroatoms. The Balaban J connectivity index is 2.96. The molecule has 1 aromatic heterocycles. The highest BCUT2D eigenvalue weighted by Crippen LogP contribution is 2.09. The van der Waals surface area contributed by atoms with Crippen LogP contribution in [-0.4, -0.2) is 70.7 Å². The maximum absolute atomic E-state index is 12.4. The number of nitrogens with zero attached hydrogens (tertiary/aromatic N) is 4. The molecule has 7 nitrogen and oxygen atoms in total. The molecular weight excluding hydrogens is 260 g/mol. The third-order valence-corrected chi connectivity index (χ3v) is 2.76. The van der Waals surface area contributed by atoms with Gasteiger partial charge in [-0.2, -0.15) is 10.2 Å². The molecule has 20 heavy (non-hydrogen) atoms. The van der Waals surface area contributed by atoms with Gasteiger partial charge in [-0.15, -0.1) is 0 Å². The Morgan fingerprint density at radius 1 is 1.20 bits per heavy atom. The maximum Gasteiger partial charge on any atom is 0.323 e. The standard InChI is InChI=1S/C13H20N4O3/c1-9-7-11(10(2)15-14-9)13(20)17(8-12(18)19)6-5-16(3)4/h7H,5-6,8H2,1-4H3,(H,18,19). The van der Waals surface area contributed by atoms with Crippen LogP contribution < -0.4 is 0 Å². The van der Waals surface area contributed by atoms with Crippen LogP contribution >= 0.6 is 0 Å². The van der Waals surface area contributed by atoms with Gasteiger partial charge in [0.15, 0.2) is 0 Å². The topological polar surface area (TPSA) is 86.6 Å². The van der Waals surface area contributed by atoms with Crippen LogP contribution in [0.5, 0.6) is 0 Å². The number of aryl methyl sites for hydroxylation is 2. The number of aromatic nitrogens is 2. The number of aliphatic carboxylic acids is 1. The Labute approximate surface area is 118 Å². The fourth-order valence-corrected chi connectivity index (χ4v) is 1.67. The van der Waals surface area contributed by atoms with E-state index in [4.69, 9.17) is 5.11 Å². The lowest BCUT2D eigenvalue weighted by molar-refractivity contribution is -0.137. The lowest BCUT2D eigenvalue weighted by atomic mass is 10.1. The van der Waals surface area contributed by atoms with Crippen molar-refractivity contribution in [3.63, 3.8) is 0 Å². The zero-order valence-corrected chi connectivity index (χ0v) is 12.3. The quantitative estimate of drug-likeness (QED) is 0.800. The molecule has 110 valence electrons. The van der Waals surface area contributed by atoms with Crippen LogP contribution in [-0.2, 0) is 4.79 Å². The first-order chi connectivity index (χ1) is 9.31. The molecule has 0 atom stereocenters. The summed E-state index contributed by atoms with van der Waals surface area (Å²) in [5, 5.41) is 16.7. The smallest absolute Gasteiger partial charge is 0.323 e. The Kier molecular flexibility index (Phi) is 5.57. The Morgan fingerprint density at radius 3 is 2.40 bits per heavy atom. The third-order valence-electron chi connectivity index (χ3n) is 2.76. The minimum atomic E-state index is -1.03. The van der Waals surface area contributed by atoms with Crippen LogP contribution in [0, 0.1) is 13.8 Å². The van der Waals surface area contributed by atoms with E-state index in [0.29, 0.717) is 30.0 Å². The summed E-state index contributed by atoms with van der Waals surface area (Å²) in [6.45, 7) is 4.04. The fourth-order valence-electron chi connectivity index (χ4n) is 1.67. The highest BCUT2D eigenvalue weighted by Gasteiger charge is 2.21. The molecule has 0 fully saturated rings. The molecular formula is C13H20N4O3. The van der Waals surface area contributed by atoms with Crippen LogP contribution in [0.25, 0.3) is 0 Å². The van der Waals surface area contributed by atoms with E-state index in [2.05, 4.69) is 10.2 Å². The summed E-state index contributed by atoms with van der Waals surface area (Å²) < 4.78 is 0. The summed E-state index contributed by atoms with van der Waals surface area (Å²) in [7, 11) is 3.74. The molecule has 1 N–H and O–H groups in total. The highest BCUT2D eigenvalue weighted by molar-refractivity contribution is 5.96. The van der Waals surface area contributed by atoms with Gasteiger partial charge in [-0.25, -0.2) is 0 Å². The normalized spacial score (nSPS) is 10.7. The van der Waals surface area contributed by atoms with Crippen molar-refractivity contribution in [3.8, 4) is 0 Å². The van der Waals surface area contributed by atoms with E-state index in [1.165, 1.54) is 4.90 Å². The molecule has 0 spiro atoms. The van der Waals surface area contributed by atoms with Gasteiger partial charge in [-0.1, -0.05) is 0 Å². The first-order valence-corrected chi connectivity index (χ1v) is 6.28. The number of hydrogen-bond acceptors (Lipinski definition) is 5. The summed E-state index contributed by atoms with van der Waals surface area (Å²) in [6.07, 6.45) is 0. The average Bonchev–Trinajstić information content (AvgIpc) is 2.36. The molecule has 0 saturated carbocycles. The van der Waals surface area contributed by atoms with Crippen LogP contribution in [0.1, 0.15) is 21.7 Å². The van der Waals surface area contributed by atoms with Gasteiger partial charge in [0.2, 0.25) is 0 Å². The summed E-state index contributed by atoms with van der Waals surface area (Å²) in [4.78, 5) is 26.6. The molecule has 0 aromatic carbocycles. The third kappa shape index (κ3) is 4.58. The number of likely N-dealkylation sites (N-methyl/N-ethyl adjacent to an activating group) is 1. The predicted molar refractivity (Wildman–Crippen MR) is 73.6 cm³/mol. The van der Waals surface area contributed by atoms with Gasteiger partial charge in [0.1, 0.15) is 6.54 Å². The van der Waals surface area contributed by atoms with Crippen LogP contribution in [0.2, 0.25) is 0 Å². The molecule has 1 amide bonds. The highest BCUT2D eigenvalue weighted by atomic mass is 16.4. The lowest BCUT2D eigenvalue weighted by Gasteiger charge is -2.23. The number of amides is 1. The second-order valence-electron chi connectivity index (χ2n) is 4.91. The van der Waals surface area contributed by atoms with Crippen LogP contribution in [0.3, 0.4) is 0 Å². The van der Waals surface area contributed by atoms with Gasteiger partial charge in [0, 0.05) is 13.1 Å². The number of carboxylic acid groups (broad SMARTS) is 1. The van der Waals surface area contributed by atoms with Gasteiger partial charge in [0.05, 0.1) is 17.0 Å².